The maximum Gasteiger partial charge on any atom is 0.492 e. The smallest absolute Gasteiger partial charge is 0.416 e. The number of hydrogen-bond acceptors (Lipinski definition) is 4. The van der Waals surface area contributed by atoms with Gasteiger partial charge >= 0.3 is 8.60 Å². The molecule has 0 unspecified atom stereocenters. The molecular weight excluding hydrogens is 239 g/mol. The van der Waals surface area contributed by atoms with E-state index in [1.807, 2.05) is 36.4 Å². The van der Waals surface area contributed by atoms with E-state index >= 15 is 0 Å². The Kier molecular flexibility index (Phi) is 4.33. The van der Waals surface area contributed by atoms with Crippen LogP contribution in [0.2, 0.25) is 0 Å². The van der Waals surface area contributed by atoms with Crippen LogP contribution in [0.5, 0.6) is 11.5 Å². The normalized spacial score (nSPS) is 10.2. The van der Waals surface area contributed by atoms with Crippen molar-refractivity contribution < 1.29 is 19.0 Å². The van der Waals surface area contributed by atoms with Gasteiger partial charge in [-0.3, -0.25) is 0 Å². The first-order valence-electron chi connectivity index (χ1n) is 4.96. The summed E-state index contributed by atoms with van der Waals surface area (Å²) in [6.07, 6.45) is 0. The lowest BCUT2D eigenvalue weighted by Gasteiger charge is -2.13. The van der Waals surface area contributed by atoms with Gasteiger partial charge in [0.2, 0.25) is 0 Å². The lowest BCUT2D eigenvalue weighted by molar-refractivity contribution is -0.143. The van der Waals surface area contributed by atoms with Crippen molar-refractivity contribution in [3.63, 3.8) is 0 Å². The van der Waals surface area contributed by atoms with Crippen molar-refractivity contribution in [3.05, 3.63) is 60.7 Å². The van der Waals surface area contributed by atoms with Gasteiger partial charge in [-0.1, -0.05) is 36.4 Å². The van der Waals surface area contributed by atoms with Crippen LogP contribution in [-0.2, 0) is 4.67 Å². The van der Waals surface area contributed by atoms with Gasteiger partial charge < -0.3 is 9.05 Å². The van der Waals surface area contributed by atoms with Crippen LogP contribution in [0, 0.1) is 0 Å². The molecule has 0 aliphatic rings. The minimum atomic E-state index is -1.86. The Morgan fingerprint density at radius 1 is 0.706 bits per heavy atom. The van der Waals surface area contributed by atoms with E-state index in [2.05, 4.69) is 4.67 Å². The van der Waals surface area contributed by atoms with E-state index in [-0.39, 0.29) is 0 Å². The topological polar surface area (TPSA) is 47.9 Å². The molecule has 2 aromatic rings. The van der Waals surface area contributed by atoms with Gasteiger partial charge in [-0.15, -0.1) is 4.67 Å². The molecule has 17 heavy (non-hydrogen) atoms. The molecule has 88 valence electrons. The molecule has 0 spiro atoms. The van der Waals surface area contributed by atoms with Gasteiger partial charge in [-0.25, -0.2) is 5.26 Å². The Balaban J connectivity index is 1.98. The maximum atomic E-state index is 8.73. The molecule has 2 aromatic carbocycles. The second-order valence-corrected chi connectivity index (χ2v) is 4.09. The number of benzene rings is 2. The predicted octanol–water partition coefficient (Wildman–Crippen LogP) is 3.86. The third kappa shape index (κ3) is 3.71. The largest absolute Gasteiger partial charge is 0.492 e. The van der Waals surface area contributed by atoms with Crippen molar-refractivity contribution in [1.29, 1.82) is 0 Å². The molecule has 5 heteroatoms. The summed E-state index contributed by atoms with van der Waals surface area (Å²) < 4.78 is 14.9. The molecule has 0 amide bonds. The van der Waals surface area contributed by atoms with Crippen molar-refractivity contribution in [2.24, 2.45) is 0 Å². The van der Waals surface area contributed by atoms with Crippen LogP contribution in [0.4, 0.5) is 0 Å². The third-order valence-electron chi connectivity index (χ3n) is 1.91. The predicted molar refractivity (Wildman–Crippen MR) is 64.8 cm³/mol. The average Bonchev–Trinajstić information content (AvgIpc) is 2.40. The summed E-state index contributed by atoms with van der Waals surface area (Å²) in [5.74, 6) is 1.15. The van der Waals surface area contributed by atoms with Crippen molar-refractivity contribution in [2.75, 3.05) is 0 Å². The van der Waals surface area contributed by atoms with E-state index in [1.165, 1.54) is 0 Å². The van der Waals surface area contributed by atoms with E-state index in [1.54, 1.807) is 24.3 Å². The van der Waals surface area contributed by atoms with E-state index in [0.29, 0.717) is 11.5 Å². The Bertz CT molecular complexity index is 393. The first-order valence-corrected chi connectivity index (χ1v) is 6.06. The van der Waals surface area contributed by atoms with Crippen LogP contribution in [0.1, 0.15) is 0 Å². The summed E-state index contributed by atoms with van der Waals surface area (Å²) in [6, 6.07) is 18.0. The molecule has 0 fully saturated rings. The van der Waals surface area contributed by atoms with Gasteiger partial charge in [0.1, 0.15) is 11.5 Å². The summed E-state index contributed by atoms with van der Waals surface area (Å²) in [7, 11) is -1.86. The highest BCUT2D eigenvalue weighted by Crippen LogP contribution is 2.40. The molecule has 0 bridgehead atoms. The minimum Gasteiger partial charge on any atom is -0.416 e. The lowest BCUT2D eigenvalue weighted by atomic mass is 10.3. The third-order valence-corrected chi connectivity index (χ3v) is 2.77. The van der Waals surface area contributed by atoms with E-state index in [4.69, 9.17) is 14.3 Å². The zero-order valence-corrected chi connectivity index (χ0v) is 9.79. The van der Waals surface area contributed by atoms with Gasteiger partial charge in [-0.2, -0.15) is 0 Å². The summed E-state index contributed by atoms with van der Waals surface area (Å²) in [6.45, 7) is 0. The SMILES string of the molecule is OOP(Oc1ccccc1)Oc1ccccc1. The first kappa shape index (κ1) is 11.9. The first-order chi connectivity index (χ1) is 8.38. The Morgan fingerprint density at radius 3 is 1.47 bits per heavy atom. The van der Waals surface area contributed by atoms with Crippen LogP contribution in [0.25, 0.3) is 0 Å². The second-order valence-electron chi connectivity index (χ2n) is 3.11. The van der Waals surface area contributed by atoms with Crippen molar-refractivity contribution in [3.8, 4) is 11.5 Å². The van der Waals surface area contributed by atoms with Gasteiger partial charge in [0.25, 0.3) is 0 Å². The molecular formula is C12H11O4P. The summed E-state index contributed by atoms with van der Waals surface area (Å²) in [4.78, 5) is 0. The maximum absolute atomic E-state index is 8.73. The molecule has 1 N–H and O–H groups in total. The average molecular weight is 250 g/mol. The van der Waals surface area contributed by atoms with Gasteiger partial charge in [0.05, 0.1) is 0 Å². The highest BCUT2D eigenvalue weighted by molar-refractivity contribution is 7.42. The molecule has 0 saturated heterocycles. The second kappa shape index (κ2) is 6.21. The van der Waals surface area contributed by atoms with Crippen molar-refractivity contribution in [1.82, 2.24) is 0 Å². The van der Waals surface area contributed by atoms with E-state index in [0.717, 1.165) is 0 Å². The quantitative estimate of drug-likeness (QED) is 0.497. The molecule has 0 aliphatic carbocycles. The highest BCUT2D eigenvalue weighted by atomic mass is 31.2. The monoisotopic (exact) mass is 250 g/mol. The highest BCUT2D eigenvalue weighted by Gasteiger charge is 2.16. The number of rotatable bonds is 5. The Labute approximate surface area is 100 Å². The molecule has 0 aromatic heterocycles. The zero-order chi connectivity index (χ0) is 11.9. The van der Waals surface area contributed by atoms with Crippen molar-refractivity contribution in [2.45, 2.75) is 0 Å². The molecule has 4 nitrogen and oxygen atoms in total. The molecule has 0 aliphatic heterocycles. The zero-order valence-electron chi connectivity index (χ0n) is 8.89. The Hall–Kier alpha value is -1.61. The molecule has 0 saturated carbocycles. The standard InChI is InChI=1S/C12H11O4P/c13-16-17(14-11-7-3-1-4-8-11)15-12-9-5-2-6-10-12/h1-10,13H. The molecule has 0 heterocycles. The number of para-hydroxylation sites is 2. The van der Waals surface area contributed by atoms with Crippen LogP contribution in [-0.4, -0.2) is 5.26 Å². The fraction of sp³-hybridized carbons (Fsp3) is 0. The van der Waals surface area contributed by atoms with Gasteiger partial charge in [-0.05, 0) is 24.3 Å². The van der Waals surface area contributed by atoms with Crippen LogP contribution in [0.15, 0.2) is 60.7 Å². The number of hydrogen-bond donors (Lipinski definition) is 1. The van der Waals surface area contributed by atoms with Crippen LogP contribution in [0.3, 0.4) is 0 Å². The molecule has 2 rings (SSSR count). The summed E-state index contributed by atoms with van der Waals surface area (Å²) >= 11 is 0. The Morgan fingerprint density at radius 2 is 1.12 bits per heavy atom. The summed E-state index contributed by atoms with van der Waals surface area (Å²) in [5.41, 5.74) is 0. The van der Waals surface area contributed by atoms with Crippen molar-refractivity contribution >= 4 is 8.60 Å². The lowest BCUT2D eigenvalue weighted by Crippen LogP contribution is -1.97. The fourth-order valence-corrected chi connectivity index (χ4v) is 1.88. The molecule has 0 atom stereocenters. The van der Waals surface area contributed by atoms with E-state index < -0.39 is 8.60 Å². The van der Waals surface area contributed by atoms with Gasteiger partial charge in [0.15, 0.2) is 0 Å². The van der Waals surface area contributed by atoms with Gasteiger partial charge in [0, 0.05) is 0 Å². The fourth-order valence-electron chi connectivity index (χ4n) is 1.19. The van der Waals surface area contributed by atoms with E-state index in [9.17, 15) is 0 Å². The van der Waals surface area contributed by atoms with Crippen LogP contribution < -0.4 is 9.05 Å². The summed E-state index contributed by atoms with van der Waals surface area (Å²) in [5, 5.41) is 8.73. The molecule has 0 radical (unpaired) electrons. The minimum absolute atomic E-state index is 0.573. The van der Waals surface area contributed by atoms with Crippen LogP contribution >= 0.6 is 8.60 Å².